The number of nitrogens with zero attached hydrogens (tertiary/aromatic N) is 2. The number of ether oxygens (including phenoxy) is 1. The molecule has 1 aromatic heterocycles. The van der Waals surface area contributed by atoms with E-state index in [1.165, 1.54) is 0 Å². The number of aryl methyl sites for hydroxylation is 1. The number of hydrogen-bond donors (Lipinski definition) is 1. The lowest BCUT2D eigenvalue weighted by atomic mass is 10.1. The maximum absolute atomic E-state index is 12.7. The monoisotopic (exact) mass is 349 g/mol. The van der Waals surface area contributed by atoms with E-state index >= 15 is 0 Å². The topological polar surface area (TPSA) is 56.1 Å². The Kier molecular flexibility index (Phi) is 5.81. The van der Waals surface area contributed by atoms with Gasteiger partial charge in [-0.1, -0.05) is 42.0 Å². The van der Waals surface area contributed by atoms with Crippen LogP contribution in [-0.2, 0) is 4.74 Å². The van der Waals surface area contributed by atoms with Gasteiger partial charge in [0.25, 0.3) is 5.91 Å². The number of methoxy groups -OCH3 is 1. The molecule has 5 nitrogen and oxygen atoms in total. The average molecular weight is 349 g/mol. The molecule has 0 radical (unpaired) electrons. The Bertz CT molecular complexity index is 872. The third kappa shape index (κ3) is 4.18. The average Bonchev–Trinajstić information content (AvgIpc) is 3.11. The molecule has 1 N–H and O–H groups in total. The summed E-state index contributed by atoms with van der Waals surface area (Å²) in [6.07, 6.45) is 2.56. The molecule has 3 rings (SSSR count). The van der Waals surface area contributed by atoms with E-state index in [0.717, 1.165) is 23.2 Å². The van der Waals surface area contributed by atoms with Gasteiger partial charge in [0.1, 0.15) is 5.69 Å². The Morgan fingerprint density at radius 1 is 1.15 bits per heavy atom. The zero-order chi connectivity index (χ0) is 18.4. The fourth-order valence-corrected chi connectivity index (χ4v) is 2.77. The van der Waals surface area contributed by atoms with E-state index in [1.807, 2.05) is 61.5 Å². The van der Waals surface area contributed by atoms with Gasteiger partial charge in [-0.3, -0.25) is 4.79 Å². The second-order valence-corrected chi connectivity index (χ2v) is 6.14. The van der Waals surface area contributed by atoms with Crippen LogP contribution in [0.5, 0.6) is 0 Å². The van der Waals surface area contributed by atoms with Crippen molar-refractivity contribution in [1.29, 1.82) is 0 Å². The van der Waals surface area contributed by atoms with Crippen molar-refractivity contribution in [2.45, 2.75) is 13.3 Å². The molecule has 0 aliphatic rings. The highest BCUT2D eigenvalue weighted by molar-refractivity contribution is 5.99. The van der Waals surface area contributed by atoms with Gasteiger partial charge in [0.05, 0.1) is 11.3 Å². The van der Waals surface area contributed by atoms with E-state index in [-0.39, 0.29) is 5.91 Å². The van der Waals surface area contributed by atoms with Gasteiger partial charge in [-0.2, -0.15) is 5.10 Å². The predicted octanol–water partition coefficient (Wildman–Crippen LogP) is 3.61. The summed E-state index contributed by atoms with van der Waals surface area (Å²) < 4.78 is 6.78. The maximum Gasteiger partial charge on any atom is 0.255 e. The Morgan fingerprint density at radius 2 is 1.96 bits per heavy atom. The molecule has 2 aromatic carbocycles. The zero-order valence-corrected chi connectivity index (χ0v) is 15.1. The fourth-order valence-electron chi connectivity index (χ4n) is 2.77. The van der Waals surface area contributed by atoms with Gasteiger partial charge in [-0.15, -0.1) is 0 Å². The minimum absolute atomic E-state index is 0.125. The molecular weight excluding hydrogens is 326 g/mol. The molecule has 3 aromatic rings. The number of amides is 1. The molecule has 0 aliphatic heterocycles. The van der Waals surface area contributed by atoms with Crippen molar-refractivity contribution in [2.75, 3.05) is 20.3 Å². The standard InChI is InChI=1S/C21H23N3O2/c1-16-8-6-9-17(14-16)20-19(21(25)22-12-7-13-26-2)15-24(23-20)18-10-4-3-5-11-18/h3-6,8-11,14-15H,7,12-13H2,1-2H3,(H,22,25). The highest BCUT2D eigenvalue weighted by Gasteiger charge is 2.18. The first-order valence-electron chi connectivity index (χ1n) is 8.68. The summed E-state index contributed by atoms with van der Waals surface area (Å²) in [5.41, 5.74) is 4.23. The molecule has 0 aliphatic carbocycles. The summed E-state index contributed by atoms with van der Waals surface area (Å²) in [5, 5.41) is 7.64. The molecule has 134 valence electrons. The quantitative estimate of drug-likeness (QED) is 0.663. The van der Waals surface area contributed by atoms with Gasteiger partial charge < -0.3 is 10.1 Å². The number of benzene rings is 2. The summed E-state index contributed by atoms with van der Waals surface area (Å²) >= 11 is 0. The van der Waals surface area contributed by atoms with E-state index in [4.69, 9.17) is 4.74 Å². The largest absolute Gasteiger partial charge is 0.385 e. The second-order valence-electron chi connectivity index (χ2n) is 6.14. The number of aromatic nitrogens is 2. The fraction of sp³-hybridized carbons (Fsp3) is 0.238. The highest BCUT2D eigenvalue weighted by Crippen LogP contribution is 2.24. The molecule has 0 saturated carbocycles. The lowest BCUT2D eigenvalue weighted by molar-refractivity contribution is 0.0949. The Hall–Kier alpha value is -2.92. The molecule has 0 bridgehead atoms. The first kappa shape index (κ1) is 17.9. The van der Waals surface area contributed by atoms with E-state index in [1.54, 1.807) is 18.0 Å². The van der Waals surface area contributed by atoms with Crippen LogP contribution in [0, 0.1) is 6.92 Å². The van der Waals surface area contributed by atoms with Gasteiger partial charge in [0, 0.05) is 32.0 Å². The van der Waals surface area contributed by atoms with Crippen LogP contribution in [0.3, 0.4) is 0 Å². The maximum atomic E-state index is 12.7. The van der Waals surface area contributed by atoms with Crippen LogP contribution in [-0.4, -0.2) is 35.9 Å². The van der Waals surface area contributed by atoms with Crippen LogP contribution < -0.4 is 5.32 Å². The molecule has 1 heterocycles. The summed E-state index contributed by atoms with van der Waals surface area (Å²) in [5.74, 6) is -0.125. The van der Waals surface area contributed by atoms with Gasteiger partial charge in [-0.25, -0.2) is 4.68 Å². The Morgan fingerprint density at radius 3 is 2.69 bits per heavy atom. The van der Waals surface area contributed by atoms with Crippen LogP contribution in [0.2, 0.25) is 0 Å². The lowest BCUT2D eigenvalue weighted by Crippen LogP contribution is -2.25. The summed E-state index contributed by atoms with van der Waals surface area (Å²) in [6.45, 7) is 3.22. The number of carbonyl (C=O) groups is 1. The van der Waals surface area contributed by atoms with Crippen LogP contribution in [0.15, 0.2) is 60.8 Å². The van der Waals surface area contributed by atoms with E-state index in [0.29, 0.717) is 24.4 Å². The van der Waals surface area contributed by atoms with Crippen LogP contribution in [0.25, 0.3) is 16.9 Å². The first-order valence-corrected chi connectivity index (χ1v) is 8.68. The van der Waals surface area contributed by atoms with Gasteiger partial charge in [0.15, 0.2) is 0 Å². The Balaban J connectivity index is 1.95. The molecule has 26 heavy (non-hydrogen) atoms. The first-order chi connectivity index (χ1) is 12.7. The molecular formula is C21H23N3O2. The van der Waals surface area contributed by atoms with Crippen molar-refractivity contribution in [3.63, 3.8) is 0 Å². The third-order valence-corrected chi connectivity index (χ3v) is 4.08. The van der Waals surface area contributed by atoms with Gasteiger partial charge in [0.2, 0.25) is 0 Å². The van der Waals surface area contributed by atoms with Crippen LogP contribution in [0.1, 0.15) is 22.3 Å². The number of rotatable bonds is 7. The van der Waals surface area contributed by atoms with E-state index in [2.05, 4.69) is 10.4 Å². The van der Waals surface area contributed by atoms with Crippen LogP contribution >= 0.6 is 0 Å². The minimum Gasteiger partial charge on any atom is -0.385 e. The van der Waals surface area contributed by atoms with Crippen molar-refractivity contribution in [3.8, 4) is 16.9 Å². The minimum atomic E-state index is -0.125. The van der Waals surface area contributed by atoms with Crippen molar-refractivity contribution >= 4 is 5.91 Å². The van der Waals surface area contributed by atoms with Gasteiger partial charge >= 0.3 is 0 Å². The Labute approximate surface area is 153 Å². The van der Waals surface area contributed by atoms with Gasteiger partial charge in [-0.05, 0) is 31.5 Å². The lowest BCUT2D eigenvalue weighted by Gasteiger charge is -2.05. The number of hydrogen-bond acceptors (Lipinski definition) is 3. The molecule has 0 spiro atoms. The molecule has 0 fully saturated rings. The molecule has 5 heteroatoms. The SMILES string of the molecule is COCCCNC(=O)c1cn(-c2ccccc2)nc1-c1cccc(C)c1. The van der Waals surface area contributed by atoms with Crippen LogP contribution in [0.4, 0.5) is 0 Å². The summed E-state index contributed by atoms with van der Waals surface area (Å²) in [4.78, 5) is 12.7. The summed E-state index contributed by atoms with van der Waals surface area (Å²) in [6, 6.07) is 17.8. The van der Waals surface area contributed by atoms with Crippen molar-refractivity contribution in [3.05, 3.63) is 71.9 Å². The zero-order valence-electron chi connectivity index (χ0n) is 15.1. The number of nitrogens with one attached hydrogen (secondary N) is 1. The van der Waals surface area contributed by atoms with E-state index < -0.39 is 0 Å². The second kappa shape index (κ2) is 8.45. The predicted molar refractivity (Wildman–Crippen MR) is 103 cm³/mol. The van der Waals surface area contributed by atoms with E-state index in [9.17, 15) is 4.79 Å². The molecule has 0 unspecified atom stereocenters. The molecule has 0 atom stereocenters. The number of carbonyl (C=O) groups excluding carboxylic acids is 1. The smallest absolute Gasteiger partial charge is 0.255 e. The summed E-state index contributed by atoms with van der Waals surface area (Å²) in [7, 11) is 1.65. The molecule has 0 saturated heterocycles. The molecule has 1 amide bonds. The number of para-hydroxylation sites is 1. The normalized spacial score (nSPS) is 10.7. The highest BCUT2D eigenvalue weighted by atomic mass is 16.5. The van der Waals surface area contributed by atoms with Crippen molar-refractivity contribution < 1.29 is 9.53 Å². The van der Waals surface area contributed by atoms with Crippen molar-refractivity contribution in [2.24, 2.45) is 0 Å². The third-order valence-electron chi connectivity index (χ3n) is 4.08. The van der Waals surface area contributed by atoms with Crippen molar-refractivity contribution in [1.82, 2.24) is 15.1 Å².